The number of hydrogen-bond donors (Lipinski definition) is 10. The average Bonchev–Trinajstić information content (AvgIpc) is 2.54. The Morgan fingerprint density at radius 2 is 0.913 bits per heavy atom. The molecule has 10 N–H and O–H groups in total. The van der Waals surface area contributed by atoms with Crippen LogP contribution in [0.3, 0.4) is 0 Å². The van der Waals surface area contributed by atoms with E-state index in [9.17, 15) is 4.79 Å². The molecule has 1 saturated carbocycles. The summed E-state index contributed by atoms with van der Waals surface area (Å²) in [5.41, 5.74) is 0. The highest BCUT2D eigenvalue weighted by molar-refractivity contribution is 5.56. The molecule has 0 aromatic heterocycles. The van der Waals surface area contributed by atoms with Crippen LogP contribution in [0.5, 0.6) is 0 Å². The molecular formula is C12H24O11. The minimum absolute atomic E-state index is 0.0935. The fourth-order valence-corrected chi connectivity index (χ4v) is 1.78. The summed E-state index contributed by atoms with van der Waals surface area (Å²) in [5.74, 6) is 0. The highest BCUT2D eigenvalue weighted by atomic mass is 16.4. The topological polar surface area (TPSA) is 219 Å². The van der Waals surface area contributed by atoms with E-state index in [1.807, 2.05) is 0 Å². The highest BCUT2D eigenvalue weighted by Crippen LogP contribution is 2.20. The Morgan fingerprint density at radius 3 is 1.09 bits per heavy atom. The van der Waals surface area contributed by atoms with Gasteiger partial charge in [0.15, 0.2) is 6.29 Å². The number of rotatable bonds is 4. The van der Waals surface area contributed by atoms with Crippen LogP contribution in [0.15, 0.2) is 0 Å². The Balaban J connectivity index is 0.000000423. The molecule has 0 amide bonds. The van der Waals surface area contributed by atoms with Gasteiger partial charge in [-0.15, -0.1) is 0 Å². The zero-order chi connectivity index (χ0) is 18.5. The lowest BCUT2D eigenvalue weighted by Gasteiger charge is -2.39. The third kappa shape index (κ3) is 5.69. The molecule has 0 aromatic rings. The Hall–Kier alpha value is -0.730. The maximum absolute atomic E-state index is 9.87. The van der Waals surface area contributed by atoms with E-state index >= 15 is 0 Å². The first-order valence-corrected chi connectivity index (χ1v) is 6.73. The van der Waals surface area contributed by atoms with Crippen LogP contribution in [0.2, 0.25) is 0 Å². The van der Waals surface area contributed by atoms with Crippen LogP contribution in [0.1, 0.15) is 6.92 Å². The van der Waals surface area contributed by atoms with E-state index in [4.69, 9.17) is 51.1 Å². The van der Waals surface area contributed by atoms with E-state index in [2.05, 4.69) is 0 Å². The van der Waals surface area contributed by atoms with Gasteiger partial charge in [-0.25, -0.2) is 0 Å². The van der Waals surface area contributed by atoms with Gasteiger partial charge in [0.05, 0.1) is 6.10 Å². The second-order valence-electron chi connectivity index (χ2n) is 5.29. The summed E-state index contributed by atoms with van der Waals surface area (Å²) < 4.78 is 0. The Morgan fingerprint density at radius 1 is 0.652 bits per heavy atom. The molecule has 0 bridgehead atoms. The van der Waals surface area contributed by atoms with Crippen molar-refractivity contribution in [3.05, 3.63) is 0 Å². The molecule has 0 unspecified atom stereocenters. The first kappa shape index (κ1) is 22.3. The third-order valence-corrected chi connectivity index (χ3v) is 3.43. The van der Waals surface area contributed by atoms with Gasteiger partial charge < -0.3 is 55.9 Å². The molecule has 4 atom stereocenters. The van der Waals surface area contributed by atoms with E-state index in [1.165, 1.54) is 6.92 Å². The summed E-state index contributed by atoms with van der Waals surface area (Å²) in [6.45, 7) is 1.24. The summed E-state index contributed by atoms with van der Waals surface area (Å²) in [6, 6.07) is 0. The Bertz CT molecular complexity index is 293. The van der Waals surface area contributed by atoms with Crippen molar-refractivity contribution >= 4 is 6.29 Å². The highest BCUT2D eigenvalue weighted by Gasteiger charge is 2.47. The lowest BCUT2D eigenvalue weighted by atomic mass is 9.85. The van der Waals surface area contributed by atoms with Gasteiger partial charge in [0.1, 0.15) is 54.9 Å². The molecule has 1 aliphatic carbocycles. The van der Waals surface area contributed by atoms with Crippen LogP contribution in [-0.2, 0) is 4.79 Å². The van der Waals surface area contributed by atoms with Crippen molar-refractivity contribution in [3.8, 4) is 0 Å². The standard InChI is InChI=1S/C6H12O6.C6H12O5/c7-1-2(8)4(10)6(12)5(11)3(1)9;1-3(8)5(10)6(11)4(9)2-7/h1-12H;2-6,8-11H,1H3/t;3-,4+,5-,6-/m.0/s1. The van der Waals surface area contributed by atoms with Crippen LogP contribution in [0.25, 0.3) is 0 Å². The van der Waals surface area contributed by atoms with Crippen molar-refractivity contribution in [3.63, 3.8) is 0 Å². The maximum Gasteiger partial charge on any atom is 0.151 e. The average molecular weight is 344 g/mol. The number of aliphatic hydroxyl groups excluding tert-OH is 10. The number of carbonyl (C=O) groups is 1. The number of aliphatic hydroxyl groups is 10. The lowest BCUT2D eigenvalue weighted by Crippen LogP contribution is -2.63. The molecule has 11 heteroatoms. The first-order chi connectivity index (χ1) is 10.5. The molecule has 138 valence electrons. The zero-order valence-electron chi connectivity index (χ0n) is 12.2. The van der Waals surface area contributed by atoms with Gasteiger partial charge in [0, 0.05) is 0 Å². The van der Waals surface area contributed by atoms with Crippen molar-refractivity contribution in [2.24, 2.45) is 0 Å². The first-order valence-electron chi connectivity index (χ1n) is 6.73. The maximum atomic E-state index is 9.87. The summed E-state index contributed by atoms with van der Waals surface area (Å²) in [4.78, 5) is 9.87. The van der Waals surface area contributed by atoms with Gasteiger partial charge in [-0.05, 0) is 6.92 Å². The van der Waals surface area contributed by atoms with Crippen molar-refractivity contribution in [2.45, 2.75) is 68.0 Å². The van der Waals surface area contributed by atoms with Crippen molar-refractivity contribution in [1.82, 2.24) is 0 Å². The Kier molecular flexibility index (Phi) is 9.24. The normalized spacial score (nSPS) is 39.4. The number of aldehydes is 1. The van der Waals surface area contributed by atoms with Crippen LogP contribution in [0.4, 0.5) is 0 Å². The smallest absolute Gasteiger partial charge is 0.151 e. The van der Waals surface area contributed by atoms with Gasteiger partial charge in [-0.1, -0.05) is 0 Å². The minimum Gasteiger partial charge on any atom is -0.391 e. The molecule has 23 heavy (non-hydrogen) atoms. The molecular weight excluding hydrogens is 320 g/mol. The molecule has 1 rings (SSSR count). The number of carbonyl (C=O) groups excluding carboxylic acids is 1. The van der Waals surface area contributed by atoms with Crippen LogP contribution >= 0.6 is 0 Å². The molecule has 1 fully saturated rings. The molecule has 1 aliphatic rings. The summed E-state index contributed by atoms with van der Waals surface area (Å²) in [5, 5.41) is 88.9. The predicted molar refractivity (Wildman–Crippen MR) is 71.8 cm³/mol. The molecule has 0 spiro atoms. The van der Waals surface area contributed by atoms with Crippen molar-refractivity contribution in [1.29, 1.82) is 0 Å². The third-order valence-electron chi connectivity index (χ3n) is 3.43. The number of hydrogen-bond acceptors (Lipinski definition) is 11. The van der Waals surface area contributed by atoms with E-state index in [1.54, 1.807) is 0 Å². The summed E-state index contributed by atoms with van der Waals surface area (Å²) in [7, 11) is 0. The fraction of sp³-hybridized carbons (Fsp3) is 0.917. The summed E-state index contributed by atoms with van der Waals surface area (Å²) in [6.07, 6.45) is -15.7. The van der Waals surface area contributed by atoms with E-state index in [-0.39, 0.29) is 6.29 Å². The SMILES string of the molecule is C[C@H](O)[C@H](O)[C@@H](O)[C@H](O)C=O.OC1C(O)C(O)C(O)C(O)C1O. The van der Waals surface area contributed by atoms with Gasteiger partial charge >= 0.3 is 0 Å². The van der Waals surface area contributed by atoms with Crippen LogP contribution in [-0.4, -0.2) is 118 Å². The molecule has 0 radical (unpaired) electrons. The largest absolute Gasteiger partial charge is 0.391 e. The minimum atomic E-state index is -1.65. The van der Waals surface area contributed by atoms with Gasteiger partial charge in [-0.3, -0.25) is 0 Å². The van der Waals surface area contributed by atoms with Crippen molar-refractivity contribution < 1.29 is 55.9 Å². The lowest BCUT2D eigenvalue weighted by molar-refractivity contribution is -0.223. The van der Waals surface area contributed by atoms with Gasteiger partial charge in [0.2, 0.25) is 0 Å². The van der Waals surface area contributed by atoms with Crippen LogP contribution < -0.4 is 0 Å². The molecule has 0 heterocycles. The second-order valence-corrected chi connectivity index (χ2v) is 5.29. The Labute approximate surface area is 131 Å². The van der Waals surface area contributed by atoms with Gasteiger partial charge in [-0.2, -0.15) is 0 Å². The quantitative estimate of drug-likeness (QED) is 0.216. The molecule has 0 aliphatic heterocycles. The second kappa shape index (κ2) is 9.54. The predicted octanol–water partition coefficient (Wildman–Crippen LogP) is -6.19. The van der Waals surface area contributed by atoms with Gasteiger partial charge in [0.25, 0.3) is 0 Å². The zero-order valence-corrected chi connectivity index (χ0v) is 12.2. The van der Waals surface area contributed by atoms with E-state index in [0.717, 1.165) is 0 Å². The molecule has 0 saturated heterocycles. The van der Waals surface area contributed by atoms with E-state index in [0.29, 0.717) is 0 Å². The van der Waals surface area contributed by atoms with Crippen LogP contribution in [0, 0.1) is 0 Å². The van der Waals surface area contributed by atoms with Crippen molar-refractivity contribution in [2.75, 3.05) is 0 Å². The van der Waals surface area contributed by atoms with E-state index < -0.39 is 61.0 Å². The molecule has 11 nitrogen and oxygen atoms in total. The monoisotopic (exact) mass is 344 g/mol. The molecule has 0 aromatic carbocycles. The summed E-state index contributed by atoms with van der Waals surface area (Å²) >= 11 is 0. The fourth-order valence-electron chi connectivity index (χ4n) is 1.78.